The fourth-order valence-corrected chi connectivity index (χ4v) is 2.38. The predicted octanol–water partition coefficient (Wildman–Crippen LogP) is 1.68. The first-order valence-electron chi connectivity index (χ1n) is 6.82. The van der Waals surface area contributed by atoms with E-state index in [9.17, 15) is 4.79 Å². The second kappa shape index (κ2) is 5.33. The van der Waals surface area contributed by atoms with Crippen molar-refractivity contribution >= 4 is 5.91 Å². The lowest BCUT2D eigenvalue weighted by atomic mass is 9.94. The van der Waals surface area contributed by atoms with Crippen molar-refractivity contribution in [3.63, 3.8) is 0 Å². The molecule has 1 saturated heterocycles. The van der Waals surface area contributed by atoms with Crippen molar-refractivity contribution in [2.24, 2.45) is 0 Å². The largest absolute Gasteiger partial charge is 0.444 e. The Labute approximate surface area is 114 Å². The Morgan fingerprint density at radius 2 is 2.32 bits per heavy atom. The summed E-state index contributed by atoms with van der Waals surface area (Å²) in [5.41, 5.74) is -0.0313. The number of carbonyl (C=O) groups is 1. The number of likely N-dealkylation sites (tertiary alicyclic amines) is 1. The Balaban J connectivity index is 2.04. The topological polar surface area (TPSA) is 58.4 Å². The Morgan fingerprint density at radius 1 is 1.58 bits per heavy atom. The molecule has 1 atom stereocenters. The van der Waals surface area contributed by atoms with E-state index in [1.54, 1.807) is 13.2 Å². The van der Waals surface area contributed by atoms with Crippen LogP contribution < -0.4 is 5.32 Å². The molecule has 0 aromatic carbocycles. The Kier molecular flexibility index (Phi) is 3.94. The molecule has 1 amide bonds. The average Bonchev–Trinajstić information content (AvgIpc) is 2.97. The molecule has 0 saturated carbocycles. The molecule has 0 radical (unpaired) electrons. The van der Waals surface area contributed by atoms with Crippen LogP contribution in [0.25, 0.3) is 0 Å². The minimum Gasteiger partial charge on any atom is -0.444 e. The maximum Gasteiger partial charge on any atom is 0.237 e. The molecule has 19 heavy (non-hydrogen) atoms. The fraction of sp³-hybridized carbons (Fsp3) is 0.714. The van der Waals surface area contributed by atoms with Crippen LogP contribution in [0.1, 0.15) is 45.3 Å². The van der Waals surface area contributed by atoms with Gasteiger partial charge in [0.15, 0.2) is 0 Å². The maximum absolute atomic E-state index is 11.8. The summed E-state index contributed by atoms with van der Waals surface area (Å²) in [5.74, 6) is 1.67. The molecule has 0 bridgehead atoms. The van der Waals surface area contributed by atoms with Gasteiger partial charge in [0, 0.05) is 12.5 Å². The third-order valence-electron chi connectivity index (χ3n) is 3.54. The summed E-state index contributed by atoms with van der Waals surface area (Å²) in [7, 11) is 1.68. The molecule has 1 fully saturated rings. The van der Waals surface area contributed by atoms with Crippen molar-refractivity contribution in [3.05, 3.63) is 17.8 Å². The number of rotatable bonds is 3. The molecular formula is C14H23N3O2. The molecule has 0 spiro atoms. The minimum atomic E-state index is -0.0463. The van der Waals surface area contributed by atoms with E-state index >= 15 is 0 Å². The van der Waals surface area contributed by atoms with E-state index in [0.29, 0.717) is 12.4 Å². The smallest absolute Gasteiger partial charge is 0.237 e. The minimum absolute atomic E-state index is 0.0313. The van der Waals surface area contributed by atoms with E-state index in [-0.39, 0.29) is 17.4 Å². The molecule has 1 aliphatic rings. The first-order valence-corrected chi connectivity index (χ1v) is 6.82. The van der Waals surface area contributed by atoms with Crippen LogP contribution >= 0.6 is 0 Å². The number of amides is 1. The third kappa shape index (κ3) is 3.15. The first-order chi connectivity index (χ1) is 8.91. The second-order valence-corrected chi connectivity index (χ2v) is 6.11. The van der Waals surface area contributed by atoms with Crippen LogP contribution in [0, 0.1) is 0 Å². The molecule has 0 unspecified atom stereocenters. The van der Waals surface area contributed by atoms with Crippen LogP contribution in [-0.4, -0.2) is 35.4 Å². The Bertz CT molecular complexity index is 448. The first kappa shape index (κ1) is 14.1. The average molecular weight is 265 g/mol. The zero-order valence-corrected chi connectivity index (χ0v) is 12.2. The van der Waals surface area contributed by atoms with Gasteiger partial charge < -0.3 is 9.73 Å². The summed E-state index contributed by atoms with van der Waals surface area (Å²) >= 11 is 0. The number of likely N-dealkylation sites (N-methyl/N-ethyl adjacent to an activating group) is 1. The summed E-state index contributed by atoms with van der Waals surface area (Å²) in [4.78, 5) is 18.2. The van der Waals surface area contributed by atoms with E-state index in [4.69, 9.17) is 4.42 Å². The quantitative estimate of drug-likeness (QED) is 0.903. The molecule has 0 aliphatic carbocycles. The van der Waals surface area contributed by atoms with Crippen molar-refractivity contribution < 1.29 is 9.21 Å². The third-order valence-corrected chi connectivity index (χ3v) is 3.54. The Hall–Kier alpha value is -1.36. The molecule has 1 N–H and O–H groups in total. The van der Waals surface area contributed by atoms with Gasteiger partial charge in [-0.05, 0) is 19.4 Å². The second-order valence-electron chi connectivity index (χ2n) is 6.11. The van der Waals surface area contributed by atoms with Gasteiger partial charge in [0.2, 0.25) is 11.8 Å². The molecular weight excluding hydrogens is 242 g/mol. The summed E-state index contributed by atoms with van der Waals surface area (Å²) < 4.78 is 5.79. The standard InChI is InChI=1S/C14H23N3O2/c1-14(2,3)11-8-16-12(19-11)9-17-7-5-6-10(17)13(18)15-4/h8,10H,5-7,9H2,1-4H3,(H,15,18)/t10-/m1/s1. The monoisotopic (exact) mass is 265 g/mol. The van der Waals surface area contributed by atoms with Crippen molar-refractivity contribution in [2.45, 2.75) is 51.6 Å². The SMILES string of the molecule is CNC(=O)[C@H]1CCCN1Cc1ncc(C(C)(C)C)o1. The fourth-order valence-electron chi connectivity index (χ4n) is 2.38. The van der Waals surface area contributed by atoms with Crippen molar-refractivity contribution in [2.75, 3.05) is 13.6 Å². The van der Waals surface area contributed by atoms with Crippen LogP contribution in [0.3, 0.4) is 0 Å². The highest BCUT2D eigenvalue weighted by Crippen LogP contribution is 2.25. The summed E-state index contributed by atoms with van der Waals surface area (Å²) in [6.45, 7) is 7.82. The van der Waals surface area contributed by atoms with Gasteiger partial charge in [-0.2, -0.15) is 0 Å². The predicted molar refractivity (Wildman–Crippen MR) is 72.7 cm³/mol. The van der Waals surface area contributed by atoms with E-state index in [1.165, 1.54) is 0 Å². The van der Waals surface area contributed by atoms with Crippen LogP contribution in [0.15, 0.2) is 10.6 Å². The highest BCUT2D eigenvalue weighted by Gasteiger charge is 2.31. The number of nitrogens with zero attached hydrogens (tertiary/aromatic N) is 2. The lowest BCUT2D eigenvalue weighted by molar-refractivity contribution is -0.125. The number of hydrogen-bond acceptors (Lipinski definition) is 4. The van der Waals surface area contributed by atoms with Crippen molar-refractivity contribution in [1.29, 1.82) is 0 Å². The van der Waals surface area contributed by atoms with Gasteiger partial charge in [-0.25, -0.2) is 4.98 Å². The van der Waals surface area contributed by atoms with Gasteiger partial charge in [0.05, 0.1) is 18.8 Å². The summed E-state index contributed by atoms with van der Waals surface area (Å²) in [5, 5.41) is 2.72. The van der Waals surface area contributed by atoms with Crippen LogP contribution in [-0.2, 0) is 16.8 Å². The molecule has 1 aromatic heterocycles. The zero-order chi connectivity index (χ0) is 14.0. The molecule has 1 aliphatic heterocycles. The normalized spacial score (nSPS) is 20.7. The summed E-state index contributed by atoms with van der Waals surface area (Å²) in [6.07, 6.45) is 3.75. The maximum atomic E-state index is 11.8. The lowest BCUT2D eigenvalue weighted by Crippen LogP contribution is -2.41. The van der Waals surface area contributed by atoms with Gasteiger partial charge in [0.1, 0.15) is 5.76 Å². The van der Waals surface area contributed by atoms with Gasteiger partial charge in [0.25, 0.3) is 0 Å². The van der Waals surface area contributed by atoms with Crippen LogP contribution in [0.4, 0.5) is 0 Å². The number of oxazole rings is 1. The highest BCUT2D eigenvalue weighted by molar-refractivity contribution is 5.81. The van der Waals surface area contributed by atoms with E-state index in [2.05, 4.69) is 36.0 Å². The molecule has 5 nitrogen and oxygen atoms in total. The molecule has 2 rings (SSSR count). The van der Waals surface area contributed by atoms with Gasteiger partial charge >= 0.3 is 0 Å². The van der Waals surface area contributed by atoms with E-state index in [0.717, 1.165) is 25.1 Å². The molecule has 5 heteroatoms. The van der Waals surface area contributed by atoms with Gasteiger partial charge in [-0.3, -0.25) is 9.69 Å². The number of nitrogens with one attached hydrogen (secondary N) is 1. The lowest BCUT2D eigenvalue weighted by Gasteiger charge is -2.21. The van der Waals surface area contributed by atoms with Gasteiger partial charge in [-0.15, -0.1) is 0 Å². The number of carbonyl (C=O) groups excluding carboxylic acids is 1. The number of hydrogen-bond donors (Lipinski definition) is 1. The summed E-state index contributed by atoms with van der Waals surface area (Å²) in [6, 6.07) is -0.0463. The molecule has 106 valence electrons. The van der Waals surface area contributed by atoms with Gasteiger partial charge in [-0.1, -0.05) is 20.8 Å². The van der Waals surface area contributed by atoms with Crippen LogP contribution in [0.5, 0.6) is 0 Å². The van der Waals surface area contributed by atoms with Crippen molar-refractivity contribution in [1.82, 2.24) is 15.2 Å². The number of aromatic nitrogens is 1. The van der Waals surface area contributed by atoms with E-state index < -0.39 is 0 Å². The molecule has 1 aromatic rings. The highest BCUT2D eigenvalue weighted by atomic mass is 16.4. The Morgan fingerprint density at radius 3 is 2.89 bits per heavy atom. The van der Waals surface area contributed by atoms with E-state index in [1.807, 2.05) is 0 Å². The zero-order valence-electron chi connectivity index (χ0n) is 12.2. The van der Waals surface area contributed by atoms with Crippen LogP contribution in [0.2, 0.25) is 0 Å². The van der Waals surface area contributed by atoms with Crippen molar-refractivity contribution in [3.8, 4) is 0 Å². The molecule has 2 heterocycles.